The van der Waals surface area contributed by atoms with Crippen LogP contribution in [0.1, 0.15) is 12.6 Å². The molecule has 40 heavy (non-hydrogen) atoms. The van der Waals surface area contributed by atoms with Gasteiger partial charge in [0, 0.05) is 43.8 Å². The van der Waals surface area contributed by atoms with E-state index in [0.717, 1.165) is 48.3 Å². The highest BCUT2D eigenvalue weighted by Gasteiger charge is 2.42. The van der Waals surface area contributed by atoms with Gasteiger partial charge in [-0.3, -0.25) is 4.79 Å². The Morgan fingerprint density at radius 3 is 2.55 bits per heavy atom. The fourth-order valence-corrected chi connectivity index (χ4v) is 5.30. The molecule has 2 aromatic carbocycles. The normalized spacial score (nSPS) is 25.6. The topological polar surface area (TPSA) is 140 Å². The van der Waals surface area contributed by atoms with Crippen molar-refractivity contribution in [2.45, 2.75) is 31.5 Å². The fraction of sp³-hybridized carbons (Fsp3) is 0.400. The zero-order valence-electron chi connectivity index (χ0n) is 22.5. The Bertz CT molecular complexity index is 1450. The van der Waals surface area contributed by atoms with Crippen molar-refractivity contribution in [2.75, 3.05) is 37.7 Å². The lowest BCUT2D eigenvalue weighted by molar-refractivity contribution is -0.257. The van der Waals surface area contributed by atoms with E-state index in [-0.39, 0.29) is 12.1 Å². The number of carbonyl (C=O) groups excluding carboxylic acids is 1. The molecule has 2 aliphatic rings. The maximum Gasteiger partial charge on any atom is 0.262 e. The summed E-state index contributed by atoms with van der Waals surface area (Å²) >= 11 is 0. The van der Waals surface area contributed by atoms with Crippen molar-refractivity contribution >= 4 is 28.4 Å². The van der Waals surface area contributed by atoms with Crippen molar-refractivity contribution in [3.8, 4) is 17.3 Å². The zero-order valence-corrected chi connectivity index (χ0v) is 22.5. The molecule has 210 valence electrons. The van der Waals surface area contributed by atoms with E-state index in [4.69, 9.17) is 9.47 Å². The van der Waals surface area contributed by atoms with Crippen LogP contribution in [0.25, 0.3) is 28.1 Å². The summed E-state index contributed by atoms with van der Waals surface area (Å²) < 4.78 is 12.6. The maximum absolute atomic E-state index is 12.8. The number of ether oxygens (including phenoxy) is 2. The summed E-state index contributed by atoms with van der Waals surface area (Å²) in [5.41, 5.74) is 3.65. The van der Waals surface area contributed by atoms with Gasteiger partial charge in [0.2, 0.25) is 0 Å². The molecule has 0 radical (unpaired) electrons. The van der Waals surface area contributed by atoms with Crippen molar-refractivity contribution in [2.24, 2.45) is 13.0 Å². The lowest BCUT2D eigenvalue weighted by Gasteiger charge is -2.39. The van der Waals surface area contributed by atoms with Crippen molar-refractivity contribution in [3.63, 3.8) is 0 Å². The van der Waals surface area contributed by atoms with Crippen LogP contribution >= 0.6 is 0 Å². The summed E-state index contributed by atoms with van der Waals surface area (Å²) in [5, 5.41) is 44.9. The third-order valence-electron chi connectivity index (χ3n) is 7.80. The van der Waals surface area contributed by atoms with Gasteiger partial charge in [-0.1, -0.05) is 18.2 Å². The average molecular weight is 547 g/mol. The second kappa shape index (κ2) is 11.8. The lowest BCUT2D eigenvalue weighted by Crippen LogP contribution is -2.56. The molecule has 0 aliphatic carbocycles. The van der Waals surface area contributed by atoms with Crippen LogP contribution in [0.4, 0.5) is 5.69 Å². The number of aromatic nitrogens is 1. The van der Waals surface area contributed by atoms with Gasteiger partial charge < -0.3 is 39.6 Å². The van der Waals surface area contributed by atoms with Crippen molar-refractivity contribution in [1.82, 2.24) is 9.88 Å². The first-order chi connectivity index (χ1) is 19.3. The van der Waals surface area contributed by atoms with Gasteiger partial charge in [0.05, 0.1) is 31.3 Å². The predicted octanol–water partition coefficient (Wildman–Crippen LogP) is 1.78. The number of benzene rings is 2. The number of amides is 1. The van der Waals surface area contributed by atoms with Crippen LogP contribution in [0, 0.1) is 17.2 Å². The number of morpholine rings is 1. The summed E-state index contributed by atoms with van der Waals surface area (Å²) in [4.78, 5) is 15.1. The minimum atomic E-state index is -1.36. The third kappa shape index (κ3) is 5.61. The molecule has 1 amide bonds. The molecule has 10 nitrogen and oxygen atoms in total. The van der Waals surface area contributed by atoms with E-state index in [1.165, 1.54) is 18.7 Å². The molecule has 2 fully saturated rings. The SMILES string of the molecule is C[C@@H]1O[C@H](O)[C@@H](CNC(=O)/C(C#N)=C/c2ccc(-c3ccc4cc(N5CCOCC5)ccc4c3)n2C)[C@@H](O)C1O. The molecular formula is C30H34N4O6. The first-order valence-electron chi connectivity index (χ1n) is 13.4. The number of nitrogens with one attached hydrogen (secondary N) is 1. The van der Waals surface area contributed by atoms with Crippen LogP contribution in [0.3, 0.4) is 0 Å². The number of hydrogen-bond donors (Lipinski definition) is 4. The van der Waals surface area contributed by atoms with Crippen molar-refractivity contribution in [1.29, 1.82) is 5.26 Å². The molecule has 1 unspecified atom stereocenters. The zero-order chi connectivity index (χ0) is 28.4. The van der Waals surface area contributed by atoms with E-state index in [2.05, 4.69) is 46.6 Å². The first-order valence-corrected chi connectivity index (χ1v) is 13.4. The number of nitriles is 1. The Morgan fingerprint density at radius 1 is 1.07 bits per heavy atom. The number of nitrogens with zero attached hydrogens (tertiary/aromatic N) is 3. The second-order valence-electron chi connectivity index (χ2n) is 10.3. The number of aliphatic hydroxyl groups excluding tert-OH is 3. The lowest BCUT2D eigenvalue weighted by atomic mass is 9.91. The molecule has 2 saturated heterocycles. The van der Waals surface area contributed by atoms with Gasteiger partial charge in [-0.15, -0.1) is 0 Å². The van der Waals surface area contributed by atoms with Gasteiger partial charge in [0.1, 0.15) is 17.7 Å². The number of hydrogen-bond acceptors (Lipinski definition) is 8. The minimum absolute atomic E-state index is 0.128. The Balaban J connectivity index is 1.30. The van der Waals surface area contributed by atoms with Gasteiger partial charge in [-0.25, -0.2) is 0 Å². The Morgan fingerprint density at radius 2 is 1.80 bits per heavy atom. The maximum atomic E-state index is 12.8. The molecule has 0 saturated carbocycles. The van der Waals surface area contributed by atoms with Crippen LogP contribution in [-0.4, -0.2) is 83.2 Å². The third-order valence-corrected chi connectivity index (χ3v) is 7.80. The molecule has 3 aromatic rings. The van der Waals surface area contributed by atoms with E-state index in [0.29, 0.717) is 5.69 Å². The summed E-state index contributed by atoms with van der Waals surface area (Å²) in [6.45, 7) is 4.60. The van der Waals surface area contributed by atoms with E-state index in [9.17, 15) is 25.4 Å². The van der Waals surface area contributed by atoms with E-state index in [1.54, 1.807) is 0 Å². The van der Waals surface area contributed by atoms with Gasteiger partial charge in [0.15, 0.2) is 6.29 Å². The number of anilines is 1. The van der Waals surface area contributed by atoms with E-state index < -0.39 is 36.4 Å². The molecule has 5 rings (SSSR count). The van der Waals surface area contributed by atoms with Gasteiger partial charge in [0.25, 0.3) is 5.91 Å². The van der Waals surface area contributed by atoms with Gasteiger partial charge in [-0.2, -0.15) is 5.26 Å². The Kier molecular flexibility index (Phi) is 8.21. The largest absolute Gasteiger partial charge is 0.390 e. The van der Waals surface area contributed by atoms with Crippen LogP contribution in [0.15, 0.2) is 54.1 Å². The number of fused-ring (bicyclic) bond motifs is 1. The summed E-state index contributed by atoms with van der Waals surface area (Å²) in [6.07, 6.45) is -3.08. The van der Waals surface area contributed by atoms with Crippen LogP contribution in [-0.2, 0) is 21.3 Å². The monoisotopic (exact) mass is 546 g/mol. The predicted molar refractivity (Wildman–Crippen MR) is 150 cm³/mol. The molecule has 3 heterocycles. The standard InChI is InChI=1S/C30H34N4O6/c1-18-27(35)28(36)25(30(38)40-18)17-32-29(37)22(16-31)15-23-7-8-26(33(23)2)21-4-3-20-14-24(6-5-19(20)13-21)34-9-11-39-12-10-34/h3-8,13-15,18,25,27-28,30,35-36,38H,9-12,17H2,1-2H3,(H,32,37)/b22-15+/t18-,25-,27?,28+,30-/m0/s1. The molecule has 2 aliphatic heterocycles. The highest BCUT2D eigenvalue weighted by atomic mass is 16.6. The van der Waals surface area contributed by atoms with E-state index >= 15 is 0 Å². The van der Waals surface area contributed by atoms with Crippen molar-refractivity contribution in [3.05, 3.63) is 59.8 Å². The molecule has 1 aromatic heterocycles. The van der Waals surface area contributed by atoms with Gasteiger partial charge >= 0.3 is 0 Å². The first kappa shape index (κ1) is 27.8. The number of rotatable bonds is 6. The van der Waals surface area contributed by atoms with Crippen molar-refractivity contribution < 1.29 is 29.6 Å². The molecular weight excluding hydrogens is 512 g/mol. The molecule has 10 heteroatoms. The summed E-state index contributed by atoms with van der Waals surface area (Å²) in [7, 11) is 1.87. The van der Waals surface area contributed by atoms with Crippen LogP contribution in [0.2, 0.25) is 0 Å². The highest BCUT2D eigenvalue weighted by Crippen LogP contribution is 2.29. The Labute approximate surface area is 232 Å². The van der Waals surface area contributed by atoms with E-state index in [1.807, 2.05) is 29.8 Å². The second-order valence-corrected chi connectivity index (χ2v) is 10.3. The molecule has 0 spiro atoms. The van der Waals surface area contributed by atoms with Gasteiger partial charge in [-0.05, 0) is 59.7 Å². The minimum Gasteiger partial charge on any atom is -0.390 e. The molecule has 0 bridgehead atoms. The number of carbonyl (C=O) groups is 1. The molecule has 5 atom stereocenters. The van der Waals surface area contributed by atoms with Crippen LogP contribution in [0.5, 0.6) is 0 Å². The number of aliphatic hydroxyl groups is 3. The fourth-order valence-electron chi connectivity index (χ4n) is 5.30. The quantitative estimate of drug-likeness (QED) is 0.271. The summed E-state index contributed by atoms with van der Waals surface area (Å²) in [5.74, 6) is -1.59. The molecule has 4 N–H and O–H groups in total. The highest BCUT2D eigenvalue weighted by molar-refractivity contribution is 6.01. The Hall–Kier alpha value is -3.72. The average Bonchev–Trinajstić information content (AvgIpc) is 3.33. The smallest absolute Gasteiger partial charge is 0.262 e. The summed E-state index contributed by atoms with van der Waals surface area (Å²) in [6, 6.07) is 18.4. The van der Waals surface area contributed by atoms with Crippen LogP contribution < -0.4 is 10.2 Å².